The number of hydrogen-bond acceptors (Lipinski definition) is 1. The van der Waals surface area contributed by atoms with E-state index in [1.807, 2.05) is 27.1 Å². The Bertz CT molecular complexity index is 209. The van der Waals surface area contributed by atoms with Crippen LogP contribution in [0.2, 0.25) is 0 Å². The normalized spacial score (nSPS) is 13.2. The molecule has 13 heavy (non-hydrogen) atoms. The number of hydrogen-bond donors (Lipinski definition) is 1. The van der Waals surface area contributed by atoms with Gasteiger partial charge in [-0.3, -0.25) is 4.79 Å². The fourth-order valence-electron chi connectivity index (χ4n) is 0.930. The van der Waals surface area contributed by atoms with Crippen LogP contribution in [0.5, 0.6) is 0 Å². The van der Waals surface area contributed by atoms with Gasteiger partial charge < -0.3 is 9.80 Å². The Morgan fingerprint density at radius 3 is 2.46 bits per heavy atom. The van der Waals surface area contributed by atoms with Gasteiger partial charge in [0.15, 0.2) is 6.17 Å². The highest BCUT2D eigenvalue weighted by molar-refractivity contribution is 5.86. The summed E-state index contributed by atoms with van der Waals surface area (Å²) in [7, 11) is 4.07. The molecular weight excluding hydrogens is 164 g/mol. The molecule has 0 aromatic heterocycles. The molecule has 0 aliphatic rings. The van der Waals surface area contributed by atoms with E-state index in [1.165, 1.54) is 6.08 Å². The first-order valence-corrected chi connectivity index (χ1v) is 4.30. The number of nitrogens with one attached hydrogen (secondary N) is 1. The zero-order valence-corrected chi connectivity index (χ0v) is 8.71. The highest BCUT2D eigenvalue weighted by Crippen LogP contribution is 2.03. The summed E-state index contributed by atoms with van der Waals surface area (Å²) in [6.07, 6.45) is 3.18. The van der Waals surface area contributed by atoms with Crippen molar-refractivity contribution in [3.05, 3.63) is 25.3 Å². The maximum Gasteiger partial charge on any atom is 0.247 e. The molecule has 0 aromatic rings. The summed E-state index contributed by atoms with van der Waals surface area (Å²) in [6, 6.07) is 0. The first kappa shape index (κ1) is 11.9. The van der Waals surface area contributed by atoms with E-state index in [2.05, 4.69) is 18.5 Å². The van der Waals surface area contributed by atoms with Crippen LogP contribution in [0, 0.1) is 0 Å². The van der Waals surface area contributed by atoms with Gasteiger partial charge in [0, 0.05) is 6.92 Å². The molecule has 0 bridgehead atoms. The third-order valence-corrected chi connectivity index (χ3v) is 2.18. The Morgan fingerprint density at radius 2 is 2.08 bits per heavy atom. The summed E-state index contributed by atoms with van der Waals surface area (Å²) in [4.78, 5) is 11.0. The van der Waals surface area contributed by atoms with Crippen LogP contribution in [0.1, 0.15) is 6.92 Å². The maximum absolute atomic E-state index is 11.0. The zero-order valence-electron chi connectivity index (χ0n) is 8.71. The van der Waals surface area contributed by atoms with E-state index in [-0.39, 0.29) is 12.1 Å². The average Bonchev–Trinajstić information content (AvgIpc) is 2.04. The number of amides is 1. The first-order chi connectivity index (χ1) is 5.94. The van der Waals surface area contributed by atoms with Crippen molar-refractivity contribution in [1.82, 2.24) is 5.32 Å². The van der Waals surface area contributed by atoms with Crippen molar-refractivity contribution in [2.24, 2.45) is 0 Å². The molecule has 3 heteroatoms. The predicted molar refractivity (Wildman–Crippen MR) is 55.0 cm³/mol. The van der Waals surface area contributed by atoms with Gasteiger partial charge in [-0.2, -0.15) is 0 Å². The third kappa shape index (κ3) is 3.90. The highest BCUT2D eigenvalue weighted by atomic mass is 16.1. The molecule has 1 amide bonds. The van der Waals surface area contributed by atoms with Gasteiger partial charge >= 0.3 is 0 Å². The molecule has 0 radical (unpaired) electrons. The average molecular weight is 183 g/mol. The van der Waals surface area contributed by atoms with Crippen molar-refractivity contribution in [2.75, 3.05) is 20.6 Å². The molecule has 0 aromatic carbocycles. The lowest BCUT2D eigenvalue weighted by molar-refractivity contribution is -0.909. The van der Waals surface area contributed by atoms with Crippen molar-refractivity contribution in [3.63, 3.8) is 0 Å². The fraction of sp³-hybridized carbons (Fsp3) is 0.500. The second-order valence-electron chi connectivity index (χ2n) is 3.64. The highest BCUT2D eigenvalue weighted by Gasteiger charge is 2.22. The Kier molecular flexibility index (Phi) is 4.42. The van der Waals surface area contributed by atoms with Crippen molar-refractivity contribution < 1.29 is 9.28 Å². The molecule has 3 nitrogen and oxygen atoms in total. The molecular formula is C10H19N2O+. The molecule has 0 fully saturated rings. The van der Waals surface area contributed by atoms with Crippen molar-refractivity contribution in [2.45, 2.75) is 13.1 Å². The zero-order chi connectivity index (χ0) is 10.5. The largest absolute Gasteiger partial charge is 0.306 e. The van der Waals surface area contributed by atoms with E-state index in [0.29, 0.717) is 4.48 Å². The Balaban J connectivity index is 4.22. The van der Waals surface area contributed by atoms with Crippen LogP contribution in [0.4, 0.5) is 0 Å². The minimum atomic E-state index is -0.136. The van der Waals surface area contributed by atoms with Crippen LogP contribution in [0.3, 0.4) is 0 Å². The van der Waals surface area contributed by atoms with Crippen LogP contribution in [0.15, 0.2) is 25.3 Å². The van der Waals surface area contributed by atoms with Gasteiger partial charge in [0.05, 0.1) is 20.6 Å². The van der Waals surface area contributed by atoms with Crippen LogP contribution >= 0.6 is 0 Å². The summed E-state index contributed by atoms with van der Waals surface area (Å²) < 4.78 is 0.684. The fourth-order valence-corrected chi connectivity index (χ4v) is 0.930. The molecule has 0 aliphatic carbocycles. The van der Waals surface area contributed by atoms with E-state index in [4.69, 9.17) is 0 Å². The van der Waals surface area contributed by atoms with Crippen LogP contribution in [-0.2, 0) is 4.79 Å². The quantitative estimate of drug-likeness (QED) is 0.292. The van der Waals surface area contributed by atoms with Crippen molar-refractivity contribution in [1.29, 1.82) is 0 Å². The summed E-state index contributed by atoms with van der Waals surface area (Å²) in [6.45, 7) is 9.86. The molecule has 0 rings (SSSR count). The van der Waals surface area contributed by atoms with E-state index in [1.54, 1.807) is 0 Å². The second kappa shape index (κ2) is 4.82. The first-order valence-electron chi connectivity index (χ1n) is 4.30. The lowest BCUT2D eigenvalue weighted by Gasteiger charge is -2.35. The minimum Gasteiger partial charge on any atom is -0.306 e. The smallest absolute Gasteiger partial charge is 0.247 e. The Labute approximate surface area is 80.3 Å². The molecule has 0 saturated carbocycles. The Morgan fingerprint density at radius 1 is 1.54 bits per heavy atom. The minimum absolute atomic E-state index is 0.0588. The lowest BCUT2D eigenvalue weighted by atomic mass is 10.3. The summed E-state index contributed by atoms with van der Waals surface area (Å²) in [5.41, 5.74) is 0. The van der Waals surface area contributed by atoms with Gasteiger partial charge in [-0.25, -0.2) is 0 Å². The number of carbonyl (C=O) groups is 1. The SMILES string of the molecule is C=CC[N+](C)(C)C(C)NC(=O)C=C. The van der Waals surface area contributed by atoms with Crippen molar-refractivity contribution in [3.8, 4) is 0 Å². The third-order valence-electron chi connectivity index (χ3n) is 2.18. The maximum atomic E-state index is 11.0. The molecule has 0 heterocycles. The van der Waals surface area contributed by atoms with Gasteiger partial charge in [-0.15, -0.1) is 0 Å². The lowest BCUT2D eigenvalue weighted by Crippen LogP contribution is -2.55. The number of quaternary nitrogens is 1. The van der Waals surface area contributed by atoms with Gasteiger partial charge in [0.2, 0.25) is 5.91 Å². The molecule has 0 spiro atoms. The number of rotatable bonds is 5. The van der Waals surface area contributed by atoms with E-state index in [0.717, 1.165) is 6.54 Å². The molecule has 0 aliphatic heterocycles. The van der Waals surface area contributed by atoms with E-state index in [9.17, 15) is 4.79 Å². The van der Waals surface area contributed by atoms with Gasteiger partial charge in [0.25, 0.3) is 0 Å². The van der Waals surface area contributed by atoms with E-state index < -0.39 is 0 Å². The molecule has 1 unspecified atom stereocenters. The Hall–Kier alpha value is -1.09. The summed E-state index contributed by atoms with van der Waals surface area (Å²) >= 11 is 0. The second-order valence-corrected chi connectivity index (χ2v) is 3.64. The van der Waals surface area contributed by atoms with Gasteiger partial charge in [-0.05, 0) is 12.2 Å². The number of carbonyl (C=O) groups excluding carboxylic acids is 1. The van der Waals surface area contributed by atoms with E-state index >= 15 is 0 Å². The predicted octanol–water partition coefficient (Wildman–Crippen LogP) is 0.897. The topological polar surface area (TPSA) is 29.1 Å². The summed E-state index contributed by atoms with van der Waals surface area (Å²) in [5, 5.41) is 2.82. The van der Waals surface area contributed by atoms with Crippen molar-refractivity contribution >= 4 is 5.91 Å². The number of likely N-dealkylation sites (N-methyl/N-ethyl adjacent to an activating group) is 1. The molecule has 1 N–H and O–H groups in total. The molecule has 74 valence electrons. The standard InChI is InChI=1S/C10H18N2O/c1-6-8-12(4,5)9(3)11-10(13)7-2/h6-7,9H,1-2,8H2,3-5H3/p+1. The van der Waals surface area contributed by atoms with Gasteiger partial charge in [-0.1, -0.05) is 13.2 Å². The van der Waals surface area contributed by atoms with Gasteiger partial charge in [0.1, 0.15) is 0 Å². The van der Waals surface area contributed by atoms with Crippen LogP contribution in [-0.4, -0.2) is 37.2 Å². The summed E-state index contributed by atoms with van der Waals surface area (Å²) in [5.74, 6) is -0.136. The van der Waals surface area contributed by atoms with Crippen LogP contribution < -0.4 is 5.32 Å². The molecule has 0 saturated heterocycles. The monoisotopic (exact) mass is 183 g/mol. The number of nitrogens with zero attached hydrogens (tertiary/aromatic N) is 1. The molecule has 1 atom stereocenters. The van der Waals surface area contributed by atoms with Crippen LogP contribution in [0.25, 0.3) is 0 Å².